The zero-order valence-corrected chi connectivity index (χ0v) is 13.7. The van der Waals surface area contributed by atoms with Gasteiger partial charge in [0.15, 0.2) is 0 Å². The van der Waals surface area contributed by atoms with Gasteiger partial charge in [0.05, 0.1) is 12.5 Å². The van der Waals surface area contributed by atoms with Gasteiger partial charge in [0.1, 0.15) is 5.69 Å². The number of aromatic nitrogens is 2. The molecule has 2 aromatic carbocycles. The topological polar surface area (TPSA) is 46.9 Å². The van der Waals surface area contributed by atoms with Crippen LogP contribution in [0.5, 0.6) is 0 Å². The zero-order chi connectivity index (χ0) is 16.8. The van der Waals surface area contributed by atoms with Gasteiger partial charge in [-0.15, -0.1) is 0 Å². The Kier molecular flexibility index (Phi) is 5.06. The van der Waals surface area contributed by atoms with Crippen LogP contribution in [0, 0.1) is 0 Å². The lowest BCUT2D eigenvalue weighted by Crippen LogP contribution is -2.34. The van der Waals surface area contributed by atoms with E-state index in [0.29, 0.717) is 5.69 Å². The summed E-state index contributed by atoms with van der Waals surface area (Å²) in [4.78, 5) is 16.7. The van der Waals surface area contributed by atoms with Crippen LogP contribution in [-0.4, -0.2) is 21.5 Å². The summed E-state index contributed by atoms with van der Waals surface area (Å²) in [5.41, 5.74) is 2.76. The van der Waals surface area contributed by atoms with Gasteiger partial charge < -0.3 is 5.32 Å². The second-order valence-electron chi connectivity index (χ2n) is 5.88. The van der Waals surface area contributed by atoms with Gasteiger partial charge in [0.25, 0.3) is 5.91 Å². The lowest BCUT2D eigenvalue weighted by molar-refractivity contribution is 0.0931. The molecule has 4 nitrogen and oxygen atoms in total. The number of nitrogens with zero attached hydrogens (tertiary/aromatic N) is 2. The van der Waals surface area contributed by atoms with Gasteiger partial charge in [0.2, 0.25) is 0 Å². The number of para-hydroxylation sites is 1. The first kappa shape index (κ1) is 16.0. The van der Waals surface area contributed by atoms with E-state index in [1.807, 2.05) is 55.5 Å². The molecule has 0 spiro atoms. The Bertz CT molecular complexity index is 781. The third-order valence-corrected chi connectivity index (χ3v) is 3.99. The van der Waals surface area contributed by atoms with Crippen LogP contribution >= 0.6 is 0 Å². The average molecular weight is 319 g/mol. The largest absolute Gasteiger partial charge is 0.348 e. The highest BCUT2D eigenvalue weighted by Crippen LogP contribution is 2.11. The molecule has 0 saturated carbocycles. The molecule has 1 heterocycles. The van der Waals surface area contributed by atoms with Crippen LogP contribution in [-0.2, 0) is 6.42 Å². The van der Waals surface area contributed by atoms with Gasteiger partial charge >= 0.3 is 0 Å². The molecule has 0 aliphatic heterocycles. The Morgan fingerprint density at radius 2 is 1.75 bits per heavy atom. The van der Waals surface area contributed by atoms with E-state index in [9.17, 15) is 4.79 Å². The molecule has 1 N–H and O–H groups in total. The molecule has 1 aromatic heterocycles. The van der Waals surface area contributed by atoms with Crippen molar-refractivity contribution < 1.29 is 4.79 Å². The van der Waals surface area contributed by atoms with Crippen LogP contribution in [0.15, 0.2) is 73.2 Å². The predicted octanol–water partition coefficient (Wildman–Crippen LogP) is 3.62. The summed E-state index contributed by atoms with van der Waals surface area (Å²) in [6.45, 7) is 2.03. The van der Waals surface area contributed by atoms with E-state index in [1.165, 1.54) is 5.56 Å². The minimum Gasteiger partial charge on any atom is -0.348 e. The van der Waals surface area contributed by atoms with Crippen LogP contribution in [0.4, 0.5) is 0 Å². The Morgan fingerprint density at radius 1 is 1.08 bits per heavy atom. The van der Waals surface area contributed by atoms with E-state index < -0.39 is 0 Å². The summed E-state index contributed by atoms with van der Waals surface area (Å²) in [6, 6.07) is 20.2. The number of carbonyl (C=O) groups excluding carboxylic acids is 1. The maximum Gasteiger partial charge on any atom is 0.270 e. The van der Waals surface area contributed by atoms with Crippen molar-refractivity contribution >= 4 is 5.91 Å². The molecule has 0 unspecified atom stereocenters. The molecule has 0 aliphatic carbocycles. The molecule has 3 aromatic rings. The lowest BCUT2D eigenvalue weighted by Gasteiger charge is -2.15. The number of nitrogens with one attached hydrogen (secondary N) is 1. The van der Waals surface area contributed by atoms with Crippen LogP contribution in [0.25, 0.3) is 5.69 Å². The lowest BCUT2D eigenvalue weighted by atomic mass is 10.1. The van der Waals surface area contributed by atoms with Crippen molar-refractivity contribution in [2.75, 3.05) is 0 Å². The van der Waals surface area contributed by atoms with Gasteiger partial charge in [-0.05, 0) is 37.5 Å². The fourth-order valence-electron chi connectivity index (χ4n) is 2.66. The first-order chi connectivity index (χ1) is 11.7. The number of imidazole rings is 1. The Labute approximate surface area is 142 Å². The quantitative estimate of drug-likeness (QED) is 0.754. The van der Waals surface area contributed by atoms with Gasteiger partial charge in [-0.1, -0.05) is 48.5 Å². The molecule has 122 valence electrons. The van der Waals surface area contributed by atoms with Crippen molar-refractivity contribution in [2.24, 2.45) is 0 Å². The molecule has 0 radical (unpaired) electrons. The smallest absolute Gasteiger partial charge is 0.270 e. The highest BCUT2D eigenvalue weighted by atomic mass is 16.2. The monoisotopic (exact) mass is 319 g/mol. The molecule has 0 saturated heterocycles. The molecule has 1 amide bonds. The van der Waals surface area contributed by atoms with Crippen molar-refractivity contribution in [1.82, 2.24) is 14.9 Å². The van der Waals surface area contributed by atoms with E-state index in [1.54, 1.807) is 17.1 Å². The molecule has 0 aliphatic rings. The van der Waals surface area contributed by atoms with Crippen LogP contribution in [0.2, 0.25) is 0 Å². The molecule has 4 heteroatoms. The molecule has 3 rings (SSSR count). The highest BCUT2D eigenvalue weighted by Gasteiger charge is 2.15. The van der Waals surface area contributed by atoms with Gasteiger partial charge in [-0.25, -0.2) is 4.98 Å². The third-order valence-electron chi connectivity index (χ3n) is 3.99. The first-order valence-corrected chi connectivity index (χ1v) is 8.16. The maximum absolute atomic E-state index is 12.5. The first-order valence-electron chi connectivity index (χ1n) is 8.16. The van der Waals surface area contributed by atoms with Gasteiger partial charge in [-0.2, -0.15) is 0 Å². The second-order valence-corrected chi connectivity index (χ2v) is 5.88. The average Bonchev–Trinajstić information content (AvgIpc) is 3.11. The molecular formula is C20H21N3O. The van der Waals surface area contributed by atoms with Crippen molar-refractivity contribution in [3.05, 3.63) is 84.4 Å². The van der Waals surface area contributed by atoms with Crippen LogP contribution < -0.4 is 5.32 Å². The standard InChI is InChI=1S/C20H21N3O/c1-16(12-13-17-8-4-2-5-9-17)22-20(24)19-14-21-15-23(19)18-10-6-3-7-11-18/h2-11,14-16H,12-13H2,1H3,(H,22,24)/t16-/m1/s1. The summed E-state index contributed by atoms with van der Waals surface area (Å²) < 4.78 is 1.80. The Hall–Kier alpha value is -2.88. The van der Waals surface area contributed by atoms with E-state index in [2.05, 4.69) is 22.4 Å². The Morgan fingerprint density at radius 3 is 2.46 bits per heavy atom. The minimum absolute atomic E-state index is 0.0943. The van der Waals surface area contributed by atoms with Crippen molar-refractivity contribution in [3.8, 4) is 5.69 Å². The SMILES string of the molecule is C[C@H](CCc1ccccc1)NC(=O)c1cncn1-c1ccccc1. The van der Waals surface area contributed by atoms with Gasteiger partial charge in [0, 0.05) is 11.7 Å². The normalized spacial score (nSPS) is 11.9. The summed E-state index contributed by atoms with van der Waals surface area (Å²) in [5, 5.41) is 3.06. The molecule has 1 atom stereocenters. The maximum atomic E-state index is 12.5. The van der Waals surface area contributed by atoms with E-state index in [4.69, 9.17) is 0 Å². The number of amides is 1. The summed E-state index contributed by atoms with van der Waals surface area (Å²) in [6.07, 6.45) is 5.11. The van der Waals surface area contributed by atoms with Crippen LogP contribution in [0.3, 0.4) is 0 Å². The number of carbonyl (C=O) groups is 1. The van der Waals surface area contributed by atoms with E-state index in [-0.39, 0.29) is 11.9 Å². The van der Waals surface area contributed by atoms with E-state index in [0.717, 1.165) is 18.5 Å². The number of aryl methyl sites for hydroxylation is 1. The minimum atomic E-state index is -0.100. The Balaban J connectivity index is 1.62. The molecule has 24 heavy (non-hydrogen) atoms. The molecule has 0 fully saturated rings. The fraction of sp³-hybridized carbons (Fsp3) is 0.200. The summed E-state index contributed by atoms with van der Waals surface area (Å²) >= 11 is 0. The third kappa shape index (κ3) is 3.90. The van der Waals surface area contributed by atoms with Crippen molar-refractivity contribution in [2.45, 2.75) is 25.8 Å². The number of hydrogen-bond acceptors (Lipinski definition) is 2. The number of hydrogen-bond donors (Lipinski definition) is 1. The zero-order valence-electron chi connectivity index (χ0n) is 13.7. The highest BCUT2D eigenvalue weighted by molar-refractivity contribution is 5.93. The predicted molar refractivity (Wildman–Crippen MR) is 95.3 cm³/mol. The number of benzene rings is 2. The number of rotatable bonds is 6. The summed E-state index contributed by atoms with van der Waals surface area (Å²) in [7, 11) is 0. The summed E-state index contributed by atoms with van der Waals surface area (Å²) in [5.74, 6) is -0.100. The molecular weight excluding hydrogens is 298 g/mol. The molecule has 0 bridgehead atoms. The fourth-order valence-corrected chi connectivity index (χ4v) is 2.66. The van der Waals surface area contributed by atoms with Crippen LogP contribution in [0.1, 0.15) is 29.4 Å². The van der Waals surface area contributed by atoms with Crippen molar-refractivity contribution in [1.29, 1.82) is 0 Å². The van der Waals surface area contributed by atoms with E-state index >= 15 is 0 Å². The van der Waals surface area contributed by atoms with Crippen molar-refractivity contribution in [3.63, 3.8) is 0 Å². The van der Waals surface area contributed by atoms with Gasteiger partial charge in [-0.3, -0.25) is 9.36 Å². The second kappa shape index (κ2) is 7.59.